The highest BCUT2D eigenvalue weighted by molar-refractivity contribution is 5.82. The number of hydrogen-bond donors (Lipinski definition) is 1. The lowest BCUT2D eigenvalue weighted by Crippen LogP contribution is -2.40. The van der Waals surface area contributed by atoms with E-state index < -0.39 is 0 Å². The Morgan fingerprint density at radius 1 is 1.32 bits per heavy atom. The van der Waals surface area contributed by atoms with E-state index in [1.807, 2.05) is 38.1 Å². The number of ether oxygens (including phenoxy) is 2. The van der Waals surface area contributed by atoms with Crippen molar-refractivity contribution in [3.8, 4) is 5.75 Å². The quantitative estimate of drug-likeness (QED) is 0.486. The number of nitrogens with one attached hydrogen (secondary N) is 1. The number of guanidine groups is 1. The van der Waals surface area contributed by atoms with Gasteiger partial charge in [-0.1, -0.05) is 25.1 Å². The number of nitrogens with zero attached hydrogens (tertiary/aromatic N) is 2. The van der Waals surface area contributed by atoms with Gasteiger partial charge in [0.2, 0.25) is 0 Å². The van der Waals surface area contributed by atoms with Crippen molar-refractivity contribution in [1.29, 1.82) is 0 Å². The summed E-state index contributed by atoms with van der Waals surface area (Å²) in [5.74, 6) is 1.68. The molecule has 25 heavy (non-hydrogen) atoms. The molecule has 0 radical (unpaired) electrons. The summed E-state index contributed by atoms with van der Waals surface area (Å²) in [5, 5.41) is 3.33. The summed E-state index contributed by atoms with van der Waals surface area (Å²) >= 11 is 0. The molecule has 138 valence electrons. The lowest BCUT2D eigenvalue weighted by molar-refractivity contribution is -0.145. The molecule has 1 aromatic carbocycles. The van der Waals surface area contributed by atoms with Crippen LogP contribution in [0.25, 0.3) is 0 Å². The molecule has 2 atom stereocenters. The number of carbonyl (C=O) groups excluding carboxylic acids is 1. The number of likely N-dealkylation sites (tertiary alicyclic amines) is 1. The molecule has 1 fully saturated rings. The fraction of sp³-hybridized carbons (Fsp3) is 0.579. The summed E-state index contributed by atoms with van der Waals surface area (Å²) < 4.78 is 10.6. The van der Waals surface area contributed by atoms with Gasteiger partial charge in [-0.15, -0.1) is 0 Å². The monoisotopic (exact) mass is 347 g/mol. The van der Waals surface area contributed by atoms with Crippen molar-refractivity contribution >= 4 is 11.9 Å². The maximum absolute atomic E-state index is 11.9. The van der Waals surface area contributed by atoms with Gasteiger partial charge in [-0.05, 0) is 25.8 Å². The summed E-state index contributed by atoms with van der Waals surface area (Å²) in [6.45, 7) is 9.46. The van der Waals surface area contributed by atoms with Gasteiger partial charge >= 0.3 is 5.97 Å². The van der Waals surface area contributed by atoms with Gasteiger partial charge in [0.25, 0.3) is 0 Å². The van der Waals surface area contributed by atoms with Gasteiger partial charge < -0.3 is 19.7 Å². The van der Waals surface area contributed by atoms with Crippen LogP contribution in [0.1, 0.15) is 26.3 Å². The molecular weight excluding hydrogens is 318 g/mol. The number of rotatable bonds is 6. The van der Waals surface area contributed by atoms with Gasteiger partial charge in [0.15, 0.2) is 5.96 Å². The van der Waals surface area contributed by atoms with E-state index in [2.05, 4.69) is 17.1 Å². The minimum Gasteiger partial charge on any atom is -0.494 e. The molecule has 2 unspecified atom stereocenters. The zero-order chi connectivity index (χ0) is 18.2. The van der Waals surface area contributed by atoms with Gasteiger partial charge in [-0.3, -0.25) is 4.79 Å². The van der Waals surface area contributed by atoms with Crippen LogP contribution in [0.4, 0.5) is 0 Å². The normalized spacial score (nSPS) is 20.5. The molecule has 0 bridgehead atoms. The number of carbonyl (C=O) groups is 1. The molecule has 0 spiro atoms. The number of para-hydroxylation sites is 1. The van der Waals surface area contributed by atoms with Crippen molar-refractivity contribution in [2.75, 3.05) is 33.4 Å². The summed E-state index contributed by atoms with van der Waals surface area (Å²) in [6.07, 6.45) is 0. The molecule has 1 saturated heterocycles. The maximum Gasteiger partial charge on any atom is 0.310 e. The second-order valence-corrected chi connectivity index (χ2v) is 6.22. The van der Waals surface area contributed by atoms with Crippen LogP contribution < -0.4 is 10.1 Å². The van der Waals surface area contributed by atoms with E-state index in [-0.39, 0.29) is 17.8 Å². The molecule has 0 aliphatic carbocycles. The summed E-state index contributed by atoms with van der Waals surface area (Å²) in [5.41, 5.74) is 1.05. The van der Waals surface area contributed by atoms with E-state index >= 15 is 0 Å². The predicted molar refractivity (Wildman–Crippen MR) is 98.7 cm³/mol. The van der Waals surface area contributed by atoms with Crippen LogP contribution in [-0.4, -0.2) is 50.2 Å². The van der Waals surface area contributed by atoms with Crippen molar-refractivity contribution in [3.63, 3.8) is 0 Å². The lowest BCUT2D eigenvalue weighted by Gasteiger charge is -2.21. The van der Waals surface area contributed by atoms with Crippen LogP contribution in [0.15, 0.2) is 29.3 Å². The van der Waals surface area contributed by atoms with Crippen molar-refractivity contribution in [2.45, 2.75) is 27.3 Å². The van der Waals surface area contributed by atoms with Gasteiger partial charge in [0.05, 0.1) is 26.2 Å². The fourth-order valence-electron chi connectivity index (χ4n) is 3.11. The Balaban J connectivity index is 2.13. The van der Waals surface area contributed by atoms with Gasteiger partial charge in [0.1, 0.15) is 5.75 Å². The second-order valence-electron chi connectivity index (χ2n) is 6.22. The Hall–Kier alpha value is -2.24. The molecule has 1 aliphatic heterocycles. The molecule has 6 heteroatoms. The Morgan fingerprint density at radius 3 is 2.76 bits per heavy atom. The van der Waals surface area contributed by atoms with Gasteiger partial charge in [-0.2, -0.15) is 0 Å². The second kappa shape index (κ2) is 9.30. The minimum atomic E-state index is -0.146. The van der Waals surface area contributed by atoms with Gasteiger partial charge in [0, 0.05) is 25.2 Å². The van der Waals surface area contributed by atoms with Crippen molar-refractivity contribution in [1.82, 2.24) is 10.2 Å². The molecule has 1 aromatic rings. The third-order valence-corrected chi connectivity index (χ3v) is 4.42. The Bertz CT molecular complexity index is 603. The molecule has 6 nitrogen and oxygen atoms in total. The summed E-state index contributed by atoms with van der Waals surface area (Å²) in [6, 6.07) is 7.95. The van der Waals surface area contributed by atoms with E-state index in [0.29, 0.717) is 19.7 Å². The standard InChI is InChI=1S/C19H29N3O3/c1-5-20-19(22-12-14(3)16(13-22)18(23)24-4)21-11-15-9-7-8-10-17(15)25-6-2/h7-10,14,16H,5-6,11-13H2,1-4H3,(H,20,21). The largest absolute Gasteiger partial charge is 0.494 e. The third kappa shape index (κ3) is 4.87. The van der Waals surface area contributed by atoms with Gasteiger partial charge in [-0.25, -0.2) is 4.99 Å². The first-order chi connectivity index (χ1) is 12.1. The molecule has 0 amide bonds. The molecule has 0 aromatic heterocycles. The SMILES string of the molecule is CCNC(=NCc1ccccc1OCC)N1CC(C)C(C(=O)OC)C1. The number of methoxy groups -OCH3 is 1. The highest BCUT2D eigenvalue weighted by Crippen LogP contribution is 2.24. The topological polar surface area (TPSA) is 63.2 Å². The van der Waals surface area contributed by atoms with Crippen molar-refractivity contribution in [2.24, 2.45) is 16.8 Å². The molecule has 2 rings (SSSR count). The van der Waals surface area contributed by atoms with E-state index in [4.69, 9.17) is 14.5 Å². The van der Waals surface area contributed by atoms with E-state index in [0.717, 1.165) is 30.4 Å². The van der Waals surface area contributed by atoms with Crippen molar-refractivity contribution < 1.29 is 14.3 Å². The molecule has 0 saturated carbocycles. The number of aliphatic imine (C=N–C) groups is 1. The van der Waals surface area contributed by atoms with Crippen LogP contribution in [0.3, 0.4) is 0 Å². The first-order valence-electron chi connectivity index (χ1n) is 8.92. The zero-order valence-corrected chi connectivity index (χ0v) is 15.6. The molecule has 1 N–H and O–H groups in total. The first-order valence-corrected chi connectivity index (χ1v) is 8.92. The van der Waals surface area contributed by atoms with Crippen LogP contribution in [0.2, 0.25) is 0 Å². The fourth-order valence-corrected chi connectivity index (χ4v) is 3.11. The first kappa shape index (κ1) is 19.1. The average Bonchev–Trinajstić information content (AvgIpc) is 3.01. The Labute approximate surface area is 150 Å². The zero-order valence-electron chi connectivity index (χ0n) is 15.6. The van der Waals surface area contributed by atoms with E-state index in [9.17, 15) is 4.79 Å². The molecule has 1 heterocycles. The Morgan fingerprint density at radius 2 is 2.08 bits per heavy atom. The van der Waals surface area contributed by atoms with E-state index in [1.165, 1.54) is 7.11 Å². The van der Waals surface area contributed by atoms with Crippen molar-refractivity contribution in [3.05, 3.63) is 29.8 Å². The third-order valence-electron chi connectivity index (χ3n) is 4.42. The maximum atomic E-state index is 11.9. The number of esters is 1. The Kier molecular flexibility index (Phi) is 7.10. The average molecular weight is 347 g/mol. The lowest BCUT2D eigenvalue weighted by atomic mass is 9.99. The van der Waals surface area contributed by atoms with Crippen LogP contribution in [-0.2, 0) is 16.1 Å². The highest BCUT2D eigenvalue weighted by Gasteiger charge is 2.36. The molecular formula is C19H29N3O3. The number of hydrogen-bond acceptors (Lipinski definition) is 4. The number of benzene rings is 1. The highest BCUT2D eigenvalue weighted by atomic mass is 16.5. The van der Waals surface area contributed by atoms with Crippen LogP contribution in [0.5, 0.6) is 5.75 Å². The summed E-state index contributed by atoms with van der Waals surface area (Å²) in [4.78, 5) is 18.8. The minimum absolute atomic E-state index is 0.107. The molecule has 1 aliphatic rings. The predicted octanol–water partition coefficient (Wildman–Crippen LogP) is 2.29. The summed E-state index contributed by atoms with van der Waals surface area (Å²) in [7, 11) is 1.45. The van der Waals surface area contributed by atoms with Crippen LogP contribution >= 0.6 is 0 Å². The van der Waals surface area contributed by atoms with E-state index in [1.54, 1.807) is 0 Å². The van der Waals surface area contributed by atoms with Crippen LogP contribution in [0, 0.1) is 11.8 Å². The smallest absolute Gasteiger partial charge is 0.310 e.